The molecule has 0 amide bonds. The Kier molecular flexibility index (Phi) is 5.35. The molecule has 0 bridgehead atoms. The maximum atomic E-state index is 5.06. The second-order valence-corrected chi connectivity index (χ2v) is 3.69. The third-order valence-corrected chi connectivity index (χ3v) is 2.58. The van der Waals surface area contributed by atoms with Gasteiger partial charge in [-0.2, -0.15) is 0 Å². The second kappa shape index (κ2) is 6.35. The molecule has 0 spiro atoms. The van der Waals surface area contributed by atoms with E-state index in [1.165, 1.54) is 32.6 Å². The number of hydrogen-bond donors (Lipinski definition) is 1. The predicted octanol–water partition coefficient (Wildman–Crippen LogP) is 0.707. The van der Waals surface area contributed by atoms with Crippen LogP contribution in [0.3, 0.4) is 0 Å². The summed E-state index contributed by atoms with van der Waals surface area (Å²) < 4.78 is 5.06. The lowest BCUT2D eigenvalue weighted by Gasteiger charge is -2.38. The fourth-order valence-electron chi connectivity index (χ4n) is 1.71. The first-order valence-electron chi connectivity index (χ1n) is 5.32. The van der Waals surface area contributed by atoms with Crippen molar-refractivity contribution in [3.8, 4) is 0 Å². The van der Waals surface area contributed by atoms with Crippen LogP contribution in [0.25, 0.3) is 0 Å². The Balaban J connectivity index is 2.12. The fourth-order valence-corrected chi connectivity index (χ4v) is 1.71. The molecule has 0 radical (unpaired) electrons. The zero-order valence-corrected chi connectivity index (χ0v) is 8.88. The van der Waals surface area contributed by atoms with Crippen LogP contribution in [0.15, 0.2) is 0 Å². The maximum absolute atomic E-state index is 5.06. The molecule has 3 nitrogen and oxygen atoms in total. The summed E-state index contributed by atoms with van der Waals surface area (Å²) in [5.41, 5.74) is 0. The maximum Gasteiger partial charge on any atom is 0.0474 e. The van der Waals surface area contributed by atoms with Gasteiger partial charge in [-0.05, 0) is 19.4 Å². The summed E-state index contributed by atoms with van der Waals surface area (Å²) in [5.74, 6) is 0. The lowest BCUT2D eigenvalue weighted by Crippen LogP contribution is -2.57. The van der Waals surface area contributed by atoms with Gasteiger partial charge in [0, 0.05) is 39.4 Å². The van der Waals surface area contributed by atoms with Gasteiger partial charge in [-0.15, -0.1) is 0 Å². The molecule has 3 heteroatoms. The topological polar surface area (TPSA) is 24.5 Å². The van der Waals surface area contributed by atoms with Gasteiger partial charge in [-0.1, -0.05) is 6.92 Å². The average molecular weight is 186 g/mol. The van der Waals surface area contributed by atoms with Gasteiger partial charge in [0.15, 0.2) is 0 Å². The van der Waals surface area contributed by atoms with Crippen LogP contribution in [-0.2, 0) is 4.74 Å². The monoisotopic (exact) mass is 186 g/mol. The minimum Gasteiger partial charge on any atom is -0.385 e. The summed E-state index contributed by atoms with van der Waals surface area (Å²) in [5, 5.41) is 3.32. The number of methoxy groups -OCH3 is 1. The normalized spacial score (nSPS) is 17.8. The largest absolute Gasteiger partial charge is 0.385 e. The highest BCUT2D eigenvalue weighted by molar-refractivity contribution is 4.84. The first-order chi connectivity index (χ1) is 6.38. The van der Waals surface area contributed by atoms with Crippen molar-refractivity contribution in [2.24, 2.45) is 0 Å². The Morgan fingerprint density at radius 1 is 1.38 bits per heavy atom. The van der Waals surface area contributed by atoms with Crippen LogP contribution in [0.2, 0.25) is 0 Å². The van der Waals surface area contributed by atoms with E-state index in [0.29, 0.717) is 0 Å². The zero-order valence-electron chi connectivity index (χ0n) is 8.88. The highest BCUT2D eigenvalue weighted by Crippen LogP contribution is 2.06. The van der Waals surface area contributed by atoms with E-state index >= 15 is 0 Å². The molecule has 1 aliphatic heterocycles. The van der Waals surface area contributed by atoms with Crippen LogP contribution >= 0.6 is 0 Å². The molecule has 0 aromatic carbocycles. The summed E-state index contributed by atoms with van der Waals surface area (Å²) in [4.78, 5) is 2.58. The molecule has 1 aliphatic rings. The summed E-state index contributed by atoms with van der Waals surface area (Å²) in [6, 6.07) is 0.789. The SMILES string of the molecule is CCCN(CCCOC)C1CNC1. The molecule has 78 valence electrons. The molecule has 0 unspecified atom stereocenters. The van der Waals surface area contributed by atoms with Crippen molar-refractivity contribution in [1.29, 1.82) is 0 Å². The Morgan fingerprint density at radius 3 is 2.62 bits per heavy atom. The minimum absolute atomic E-state index is 0.789. The van der Waals surface area contributed by atoms with Gasteiger partial charge in [0.25, 0.3) is 0 Å². The molecular formula is C10H22N2O. The third kappa shape index (κ3) is 3.63. The average Bonchev–Trinajstić information content (AvgIpc) is 2.02. The van der Waals surface area contributed by atoms with Gasteiger partial charge in [0.05, 0.1) is 0 Å². The van der Waals surface area contributed by atoms with Crippen LogP contribution in [-0.4, -0.2) is 50.8 Å². The number of rotatable bonds is 7. The van der Waals surface area contributed by atoms with Crippen molar-refractivity contribution in [1.82, 2.24) is 10.2 Å². The number of nitrogens with zero attached hydrogens (tertiary/aromatic N) is 1. The van der Waals surface area contributed by atoms with Gasteiger partial charge in [0.1, 0.15) is 0 Å². The van der Waals surface area contributed by atoms with Crippen molar-refractivity contribution in [2.75, 3.05) is 39.9 Å². The number of hydrogen-bond acceptors (Lipinski definition) is 3. The van der Waals surface area contributed by atoms with Gasteiger partial charge in [-0.3, -0.25) is 4.90 Å². The zero-order chi connectivity index (χ0) is 9.52. The molecule has 13 heavy (non-hydrogen) atoms. The molecule has 0 saturated carbocycles. The van der Waals surface area contributed by atoms with Gasteiger partial charge in [0.2, 0.25) is 0 Å². The molecule has 1 heterocycles. The highest BCUT2D eigenvalue weighted by Gasteiger charge is 2.22. The molecule has 0 aliphatic carbocycles. The second-order valence-electron chi connectivity index (χ2n) is 3.69. The van der Waals surface area contributed by atoms with Crippen molar-refractivity contribution >= 4 is 0 Å². The molecule has 1 rings (SSSR count). The summed E-state index contributed by atoms with van der Waals surface area (Å²) in [6.45, 7) is 7.90. The third-order valence-electron chi connectivity index (χ3n) is 2.58. The lowest BCUT2D eigenvalue weighted by molar-refractivity contribution is 0.121. The standard InChI is InChI=1S/C10H22N2O/c1-3-5-12(6-4-7-13-2)10-8-11-9-10/h10-11H,3-9H2,1-2H3. The summed E-state index contributed by atoms with van der Waals surface area (Å²) in [7, 11) is 1.77. The summed E-state index contributed by atoms with van der Waals surface area (Å²) >= 11 is 0. The van der Waals surface area contributed by atoms with Crippen LogP contribution in [0, 0.1) is 0 Å². The molecule has 1 N–H and O–H groups in total. The van der Waals surface area contributed by atoms with Crippen LogP contribution in [0.5, 0.6) is 0 Å². The molecule has 0 aromatic heterocycles. The van der Waals surface area contributed by atoms with Gasteiger partial charge < -0.3 is 10.1 Å². The van der Waals surface area contributed by atoms with Crippen LogP contribution in [0.1, 0.15) is 19.8 Å². The van der Waals surface area contributed by atoms with E-state index in [1.54, 1.807) is 7.11 Å². The van der Waals surface area contributed by atoms with E-state index in [0.717, 1.165) is 19.1 Å². The van der Waals surface area contributed by atoms with E-state index in [-0.39, 0.29) is 0 Å². The Hall–Kier alpha value is -0.120. The number of ether oxygens (including phenoxy) is 1. The highest BCUT2D eigenvalue weighted by atomic mass is 16.5. The fraction of sp³-hybridized carbons (Fsp3) is 1.00. The minimum atomic E-state index is 0.789. The van der Waals surface area contributed by atoms with E-state index in [2.05, 4.69) is 17.1 Å². The first-order valence-corrected chi connectivity index (χ1v) is 5.32. The molecule has 1 saturated heterocycles. The van der Waals surface area contributed by atoms with E-state index in [4.69, 9.17) is 4.74 Å². The van der Waals surface area contributed by atoms with Crippen molar-refractivity contribution < 1.29 is 4.74 Å². The van der Waals surface area contributed by atoms with Gasteiger partial charge in [-0.25, -0.2) is 0 Å². The van der Waals surface area contributed by atoms with Crippen molar-refractivity contribution in [3.05, 3.63) is 0 Å². The molecular weight excluding hydrogens is 164 g/mol. The predicted molar refractivity (Wildman–Crippen MR) is 55.0 cm³/mol. The Labute approximate surface area is 81.4 Å². The molecule has 1 fully saturated rings. The van der Waals surface area contributed by atoms with Crippen LogP contribution in [0.4, 0.5) is 0 Å². The van der Waals surface area contributed by atoms with Crippen LogP contribution < -0.4 is 5.32 Å². The first kappa shape index (κ1) is 11.0. The molecule has 0 aromatic rings. The van der Waals surface area contributed by atoms with Crippen molar-refractivity contribution in [2.45, 2.75) is 25.8 Å². The summed E-state index contributed by atoms with van der Waals surface area (Å²) in [6.07, 6.45) is 2.41. The smallest absolute Gasteiger partial charge is 0.0474 e. The quantitative estimate of drug-likeness (QED) is 0.593. The van der Waals surface area contributed by atoms with E-state index in [1.807, 2.05) is 0 Å². The lowest BCUT2D eigenvalue weighted by atomic mass is 10.1. The Morgan fingerprint density at radius 2 is 2.15 bits per heavy atom. The van der Waals surface area contributed by atoms with E-state index < -0.39 is 0 Å². The Bertz CT molecular complexity index is 126. The number of nitrogens with one attached hydrogen (secondary N) is 1. The van der Waals surface area contributed by atoms with Crippen molar-refractivity contribution in [3.63, 3.8) is 0 Å². The van der Waals surface area contributed by atoms with Gasteiger partial charge >= 0.3 is 0 Å². The van der Waals surface area contributed by atoms with E-state index in [9.17, 15) is 0 Å². The molecule has 0 atom stereocenters.